The van der Waals surface area contributed by atoms with E-state index in [0.717, 1.165) is 78.8 Å². The number of amides is 3. The van der Waals surface area contributed by atoms with Gasteiger partial charge in [0.05, 0.1) is 13.2 Å². The second-order valence-electron chi connectivity index (χ2n) is 21.7. The molecule has 432 valence electrons. The molecule has 9 aromatic rings. The molecule has 0 saturated carbocycles. The normalized spacial score (nSPS) is 13.9. The number of morpholine rings is 1. The Morgan fingerprint density at radius 1 is 0.405 bits per heavy atom. The number of imidazole rings is 3. The molecule has 84 heavy (non-hydrogen) atoms. The monoisotopic (exact) mass is 1130 g/mol. The average Bonchev–Trinajstić information content (AvgIpc) is 4.53. The van der Waals surface area contributed by atoms with Gasteiger partial charge >= 0.3 is 0 Å². The van der Waals surface area contributed by atoms with Gasteiger partial charge in [-0.15, -0.1) is 0 Å². The van der Waals surface area contributed by atoms with Crippen LogP contribution in [0.1, 0.15) is 84.1 Å². The van der Waals surface area contributed by atoms with Gasteiger partial charge in [-0.2, -0.15) is 0 Å². The molecule has 0 aliphatic carbocycles. The van der Waals surface area contributed by atoms with Crippen molar-refractivity contribution in [3.05, 3.63) is 228 Å². The Labute approximate surface area is 487 Å². The number of carbonyl (C=O) groups is 3. The van der Waals surface area contributed by atoms with Crippen molar-refractivity contribution in [2.24, 2.45) is 21.1 Å². The first-order valence-corrected chi connectivity index (χ1v) is 28.4. The maximum absolute atomic E-state index is 13.0. The van der Waals surface area contributed by atoms with E-state index in [2.05, 4.69) is 27.1 Å². The van der Waals surface area contributed by atoms with Crippen LogP contribution >= 0.6 is 0 Å². The number of nitrogens with zero attached hydrogens (tertiary/aromatic N) is 12. The molecule has 3 saturated heterocycles. The van der Waals surface area contributed by atoms with Gasteiger partial charge in [-0.25, -0.2) is 15.0 Å². The smallest absolute Gasteiger partial charge is 0.274 e. The maximum atomic E-state index is 13.0. The topological polar surface area (TPSA) is 190 Å². The van der Waals surface area contributed by atoms with E-state index < -0.39 is 0 Å². The van der Waals surface area contributed by atoms with E-state index in [1.807, 2.05) is 133 Å². The summed E-state index contributed by atoms with van der Waals surface area (Å²) in [7, 11) is 5.19. The van der Waals surface area contributed by atoms with Gasteiger partial charge in [0.1, 0.15) is 34.6 Å². The van der Waals surface area contributed by atoms with E-state index in [9.17, 15) is 28.8 Å². The molecule has 3 amide bonds. The van der Waals surface area contributed by atoms with Crippen molar-refractivity contribution in [2.45, 2.75) is 59.7 Å². The Hall–Kier alpha value is -9.49. The summed E-state index contributed by atoms with van der Waals surface area (Å²) in [4.78, 5) is 94.2. The molecule has 19 heteroatoms. The highest BCUT2D eigenvalue weighted by atomic mass is 16.5. The number of hydrogen-bond acceptors (Lipinski definition) is 10. The number of hydrogen-bond donors (Lipinski definition) is 0. The molecular formula is C65H70N12O7. The number of ether oxygens (including phenoxy) is 1. The summed E-state index contributed by atoms with van der Waals surface area (Å²) >= 11 is 0. The van der Waals surface area contributed by atoms with Crippen LogP contribution < -0.4 is 16.7 Å². The van der Waals surface area contributed by atoms with Gasteiger partial charge in [0, 0.05) is 151 Å². The second kappa shape index (κ2) is 25.8. The zero-order chi connectivity index (χ0) is 59.0. The van der Waals surface area contributed by atoms with Crippen LogP contribution in [0.25, 0.3) is 34.2 Å². The molecule has 0 radical (unpaired) electrons. The molecule has 0 unspecified atom stereocenters. The van der Waals surface area contributed by atoms with Crippen LogP contribution in [0.4, 0.5) is 0 Å². The predicted octanol–water partition coefficient (Wildman–Crippen LogP) is 7.37. The van der Waals surface area contributed by atoms with Crippen LogP contribution in [0.15, 0.2) is 161 Å². The summed E-state index contributed by atoms with van der Waals surface area (Å²) in [5.41, 5.74) is 8.99. The maximum Gasteiger partial charge on any atom is 0.274 e. The molecule has 0 bridgehead atoms. The van der Waals surface area contributed by atoms with Crippen LogP contribution in [0, 0.1) is 20.8 Å². The number of rotatable bonds is 12. The van der Waals surface area contributed by atoms with E-state index in [-0.39, 0.29) is 34.4 Å². The lowest BCUT2D eigenvalue weighted by atomic mass is 10.2. The summed E-state index contributed by atoms with van der Waals surface area (Å²) in [5.74, 6) is 1.92. The van der Waals surface area contributed by atoms with E-state index in [4.69, 9.17) is 4.74 Å². The molecule has 3 aliphatic heterocycles. The third-order valence-corrected chi connectivity index (χ3v) is 15.3. The lowest BCUT2D eigenvalue weighted by molar-refractivity contribution is 0.0299. The quantitative estimate of drug-likeness (QED) is 0.119. The predicted molar refractivity (Wildman–Crippen MR) is 322 cm³/mol. The number of aromatic nitrogens is 9. The molecular weight excluding hydrogens is 1060 g/mol. The number of aryl methyl sites for hydroxylation is 6. The summed E-state index contributed by atoms with van der Waals surface area (Å²) in [5, 5.41) is 0. The SMILES string of the molecule is Cc1cc(-c2nc(C(=O)N3CCC3)cn2Cc2ccccc2)cn(C)c1=O.Cc1cc(-c2nc(C(=O)N3CCCC3)cn2Cc2ccccc2)cn(C)c1=O.Cc1cc(-c2nc(C(=O)N3CCOCC3)cn2Cc2ccccc2)cn(C)c1=O. The third kappa shape index (κ3) is 13.2. The second-order valence-corrected chi connectivity index (χ2v) is 21.7. The minimum atomic E-state index is -0.0945. The van der Waals surface area contributed by atoms with Crippen molar-refractivity contribution >= 4 is 17.7 Å². The molecule has 0 N–H and O–H groups in total. The molecule has 6 aromatic heterocycles. The van der Waals surface area contributed by atoms with Gasteiger partial charge in [-0.3, -0.25) is 28.8 Å². The number of benzene rings is 3. The van der Waals surface area contributed by atoms with Crippen LogP contribution in [0.3, 0.4) is 0 Å². The van der Waals surface area contributed by atoms with Crippen molar-refractivity contribution in [2.75, 3.05) is 52.5 Å². The Bertz CT molecular complexity index is 3930. The number of likely N-dealkylation sites (tertiary alicyclic amines) is 2. The minimum Gasteiger partial charge on any atom is -0.378 e. The summed E-state index contributed by atoms with van der Waals surface area (Å²) in [6, 6.07) is 35.7. The first-order chi connectivity index (χ1) is 40.6. The van der Waals surface area contributed by atoms with E-state index in [0.29, 0.717) is 97.2 Å². The van der Waals surface area contributed by atoms with Crippen molar-refractivity contribution in [3.63, 3.8) is 0 Å². The summed E-state index contributed by atoms with van der Waals surface area (Å²) in [6.45, 7) is 12.6. The largest absolute Gasteiger partial charge is 0.378 e. The minimum absolute atomic E-state index is 0.0212. The zero-order valence-corrected chi connectivity index (χ0v) is 48.5. The Kier molecular flexibility index (Phi) is 17.7. The Morgan fingerprint density at radius 3 is 0.964 bits per heavy atom. The van der Waals surface area contributed by atoms with Crippen LogP contribution in [0.5, 0.6) is 0 Å². The first-order valence-electron chi connectivity index (χ1n) is 28.4. The number of pyridine rings is 3. The fraction of sp³-hybridized carbons (Fsp3) is 0.308. The third-order valence-electron chi connectivity index (χ3n) is 15.3. The van der Waals surface area contributed by atoms with E-state index >= 15 is 0 Å². The Balaban J connectivity index is 0.000000140. The zero-order valence-electron chi connectivity index (χ0n) is 48.5. The van der Waals surface area contributed by atoms with Gasteiger partial charge in [-0.1, -0.05) is 91.0 Å². The molecule has 19 nitrogen and oxygen atoms in total. The highest BCUT2D eigenvalue weighted by Crippen LogP contribution is 2.26. The van der Waals surface area contributed by atoms with Crippen LogP contribution in [0.2, 0.25) is 0 Å². The van der Waals surface area contributed by atoms with Gasteiger partial charge < -0.3 is 46.8 Å². The first kappa shape index (κ1) is 57.7. The van der Waals surface area contributed by atoms with E-state index in [1.165, 1.54) is 0 Å². The summed E-state index contributed by atoms with van der Waals surface area (Å²) < 4.78 is 16.0. The van der Waals surface area contributed by atoms with Crippen molar-refractivity contribution in [3.8, 4) is 34.2 Å². The highest BCUT2D eigenvalue weighted by Gasteiger charge is 2.28. The van der Waals surface area contributed by atoms with Gasteiger partial charge in [0.25, 0.3) is 34.4 Å². The molecule has 3 aliphatic rings. The fourth-order valence-electron chi connectivity index (χ4n) is 10.6. The summed E-state index contributed by atoms with van der Waals surface area (Å²) in [6.07, 6.45) is 13.9. The highest BCUT2D eigenvalue weighted by molar-refractivity contribution is 5.94. The van der Waals surface area contributed by atoms with Crippen molar-refractivity contribution in [1.29, 1.82) is 0 Å². The van der Waals surface area contributed by atoms with Gasteiger partial charge in [-0.05, 0) is 74.9 Å². The van der Waals surface area contributed by atoms with Gasteiger partial charge in [0.2, 0.25) is 0 Å². The standard InChI is InChI=1S/C22H24N4O3.C22H24N4O2.C21H22N4O2/c1-16-12-18(14-24(2)21(16)27)20-23-19(22(28)25-8-10-29-11-9-25)15-26(20)13-17-6-4-3-5-7-17;1-16-12-18(14-24(2)21(16)27)20-23-19(22(28)25-10-6-7-11-25)15-26(20)13-17-8-4-3-5-9-17;1-15-11-17(13-23(2)20(15)26)19-22-18(21(27)24-9-6-10-24)14-25(19)12-16-7-4-3-5-8-16/h3-7,12,14-15H,8-11,13H2,1-2H3;3-5,8-9,12,14-15H,6-7,10-11,13H2,1-2H3;3-5,7-8,11,13-14H,6,9-10,12H2,1-2H3. The van der Waals surface area contributed by atoms with Crippen LogP contribution in [-0.2, 0) is 45.5 Å². The molecule has 0 atom stereocenters. The molecule has 9 heterocycles. The van der Waals surface area contributed by atoms with Gasteiger partial charge in [0.15, 0.2) is 0 Å². The molecule has 0 spiro atoms. The molecule has 3 fully saturated rings. The van der Waals surface area contributed by atoms with E-state index in [1.54, 1.807) is 85.3 Å². The molecule has 12 rings (SSSR count). The number of carbonyl (C=O) groups excluding carboxylic acids is 3. The lowest BCUT2D eigenvalue weighted by Crippen LogP contribution is -2.42. The van der Waals surface area contributed by atoms with Crippen molar-refractivity contribution < 1.29 is 19.1 Å². The Morgan fingerprint density at radius 2 is 0.690 bits per heavy atom. The lowest BCUT2D eigenvalue weighted by Gasteiger charge is -2.29. The molecule has 3 aromatic carbocycles. The van der Waals surface area contributed by atoms with Crippen LogP contribution in [-0.4, -0.2) is 127 Å². The van der Waals surface area contributed by atoms with Crippen molar-refractivity contribution in [1.82, 2.24) is 57.1 Å². The average molecular weight is 1130 g/mol. The fourth-order valence-corrected chi connectivity index (χ4v) is 10.6.